The third kappa shape index (κ3) is 2.92. The van der Waals surface area contributed by atoms with Gasteiger partial charge in [-0.3, -0.25) is 4.98 Å². The lowest BCUT2D eigenvalue weighted by atomic mass is 9.96. The summed E-state index contributed by atoms with van der Waals surface area (Å²) in [5, 5.41) is 7.08. The van der Waals surface area contributed by atoms with Gasteiger partial charge in [-0.05, 0) is 42.8 Å². The van der Waals surface area contributed by atoms with Crippen molar-refractivity contribution in [2.75, 3.05) is 0 Å². The number of hydrogen-bond acceptors (Lipinski definition) is 4. The minimum absolute atomic E-state index is 0.153. The Kier molecular flexibility index (Phi) is 3.97. The first kappa shape index (κ1) is 16.5. The summed E-state index contributed by atoms with van der Waals surface area (Å²) >= 11 is 3.60. The topological polar surface area (TPSA) is 37.7 Å². The standard InChI is InChI=1S/C22H18BrN3O/c1-14-2-4-15(5-3-14)19-13-20-18-12-17(23)6-7-21(18)27-22(26(20)25-19)16-8-10-24-11-9-16/h2-12,20,22H,13H2,1H3/t20-,22+/m1/s1. The van der Waals surface area contributed by atoms with E-state index in [9.17, 15) is 0 Å². The molecule has 0 aliphatic carbocycles. The van der Waals surface area contributed by atoms with E-state index in [2.05, 4.69) is 63.2 Å². The average Bonchev–Trinajstić information content (AvgIpc) is 3.14. The highest BCUT2D eigenvalue weighted by Gasteiger charge is 2.41. The van der Waals surface area contributed by atoms with Gasteiger partial charge in [-0.2, -0.15) is 5.10 Å². The molecule has 0 fully saturated rings. The first-order valence-corrected chi connectivity index (χ1v) is 9.77. The summed E-state index contributed by atoms with van der Waals surface area (Å²) in [4.78, 5) is 4.14. The van der Waals surface area contributed by atoms with Crippen molar-refractivity contribution in [3.63, 3.8) is 0 Å². The van der Waals surface area contributed by atoms with E-state index in [1.54, 1.807) is 12.4 Å². The van der Waals surface area contributed by atoms with Gasteiger partial charge < -0.3 is 4.74 Å². The van der Waals surface area contributed by atoms with Gasteiger partial charge in [-0.15, -0.1) is 0 Å². The van der Waals surface area contributed by atoms with Gasteiger partial charge in [0.05, 0.1) is 11.8 Å². The third-order valence-corrected chi connectivity index (χ3v) is 5.62. The first-order valence-electron chi connectivity index (χ1n) is 8.98. The molecule has 4 nitrogen and oxygen atoms in total. The molecule has 1 aromatic heterocycles. The minimum atomic E-state index is -0.255. The molecule has 2 aliphatic rings. The van der Waals surface area contributed by atoms with Crippen molar-refractivity contribution in [3.8, 4) is 5.75 Å². The molecule has 5 heteroatoms. The van der Waals surface area contributed by atoms with Crippen LogP contribution in [-0.4, -0.2) is 15.7 Å². The molecule has 0 spiro atoms. The average molecular weight is 420 g/mol. The third-order valence-electron chi connectivity index (χ3n) is 5.13. The van der Waals surface area contributed by atoms with E-state index in [0.29, 0.717) is 0 Å². The molecule has 0 radical (unpaired) electrons. The predicted molar refractivity (Wildman–Crippen MR) is 109 cm³/mol. The van der Waals surface area contributed by atoms with Crippen LogP contribution in [0.15, 0.2) is 76.6 Å². The SMILES string of the molecule is Cc1ccc(C2=NN3[C@H](C2)c2cc(Br)ccc2O[C@H]3c2ccncc2)cc1. The molecule has 2 aromatic carbocycles. The fraction of sp³-hybridized carbons (Fsp3) is 0.182. The van der Waals surface area contributed by atoms with Crippen molar-refractivity contribution in [1.82, 2.24) is 9.99 Å². The molecule has 134 valence electrons. The molecule has 5 rings (SSSR count). The van der Waals surface area contributed by atoms with Crippen LogP contribution in [0.3, 0.4) is 0 Å². The normalized spacial score (nSPS) is 20.5. The summed E-state index contributed by atoms with van der Waals surface area (Å²) in [5.74, 6) is 0.918. The Hall–Kier alpha value is -2.66. The molecule has 0 unspecified atom stereocenters. The number of nitrogens with zero attached hydrogens (tertiary/aromatic N) is 3. The van der Waals surface area contributed by atoms with Crippen molar-refractivity contribution in [2.45, 2.75) is 25.6 Å². The maximum Gasteiger partial charge on any atom is 0.213 e. The van der Waals surface area contributed by atoms with Crippen LogP contribution in [0.4, 0.5) is 0 Å². The number of hydrazone groups is 1. The van der Waals surface area contributed by atoms with Gasteiger partial charge in [0.2, 0.25) is 6.23 Å². The predicted octanol–water partition coefficient (Wildman–Crippen LogP) is 5.39. The van der Waals surface area contributed by atoms with Gasteiger partial charge in [0.1, 0.15) is 5.75 Å². The fourth-order valence-electron chi connectivity index (χ4n) is 3.73. The molecule has 0 amide bonds. The number of rotatable bonds is 2. The number of hydrogen-bond donors (Lipinski definition) is 0. The van der Waals surface area contributed by atoms with E-state index in [4.69, 9.17) is 9.84 Å². The Bertz CT molecular complexity index is 1020. The van der Waals surface area contributed by atoms with Gasteiger partial charge in [-0.1, -0.05) is 45.8 Å². The van der Waals surface area contributed by atoms with E-state index < -0.39 is 0 Å². The molecule has 2 atom stereocenters. The number of aryl methyl sites for hydroxylation is 1. The van der Waals surface area contributed by atoms with Crippen molar-refractivity contribution in [2.24, 2.45) is 5.10 Å². The van der Waals surface area contributed by atoms with E-state index >= 15 is 0 Å². The fourth-order valence-corrected chi connectivity index (χ4v) is 4.11. The lowest BCUT2D eigenvalue weighted by molar-refractivity contribution is -0.0191. The molecule has 2 aliphatic heterocycles. The van der Waals surface area contributed by atoms with Crippen LogP contribution in [-0.2, 0) is 0 Å². The summed E-state index contributed by atoms with van der Waals surface area (Å²) < 4.78 is 7.41. The quantitative estimate of drug-likeness (QED) is 0.558. The molecule has 0 bridgehead atoms. The van der Waals surface area contributed by atoms with Gasteiger partial charge in [-0.25, -0.2) is 5.01 Å². The van der Waals surface area contributed by atoms with Gasteiger partial charge in [0.15, 0.2) is 0 Å². The van der Waals surface area contributed by atoms with Crippen LogP contribution in [0.1, 0.15) is 40.9 Å². The maximum absolute atomic E-state index is 6.36. The molecule has 3 heterocycles. The van der Waals surface area contributed by atoms with E-state index in [-0.39, 0.29) is 12.3 Å². The van der Waals surface area contributed by atoms with Crippen LogP contribution < -0.4 is 4.74 Å². The largest absolute Gasteiger partial charge is 0.464 e. The number of aromatic nitrogens is 1. The zero-order valence-electron chi connectivity index (χ0n) is 14.8. The molecule has 0 N–H and O–H groups in total. The second-order valence-corrected chi connectivity index (χ2v) is 7.86. The molecule has 3 aromatic rings. The van der Waals surface area contributed by atoms with E-state index in [1.165, 1.54) is 16.7 Å². The van der Waals surface area contributed by atoms with Crippen LogP contribution in [0.25, 0.3) is 0 Å². The summed E-state index contributed by atoms with van der Waals surface area (Å²) in [6.45, 7) is 2.10. The lowest BCUT2D eigenvalue weighted by Gasteiger charge is -2.38. The van der Waals surface area contributed by atoms with Crippen molar-refractivity contribution >= 4 is 21.6 Å². The molecular weight excluding hydrogens is 402 g/mol. The lowest BCUT2D eigenvalue weighted by Crippen LogP contribution is -2.33. The molecular formula is C22H18BrN3O. The van der Waals surface area contributed by atoms with Crippen molar-refractivity contribution in [3.05, 3.63) is 93.7 Å². The van der Waals surface area contributed by atoms with Crippen LogP contribution in [0, 0.1) is 6.92 Å². The number of benzene rings is 2. The Morgan fingerprint density at radius 3 is 2.59 bits per heavy atom. The number of pyridine rings is 1. The van der Waals surface area contributed by atoms with Gasteiger partial charge in [0.25, 0.3) is 0 Å². The highest BCUT2D eigenvalue weighted by atomic mass is 79.9. The number of ether oxygens (including phenoxy) is 1. The van der Waals surface area contributed by atoms with E-state index in [1.807, 2.05) is 24.3 Å². The zero-order chi connectivity index (χ0) is 18.4. The van der Waals surface area contributed by atoms with Crippen LogP contribution >= 0.6 is 15.9 Å². The van der Waals surface area contributed by atoms with E-state index in [0.717, 1.165) is 27.9 Å². The monoisotopic (exact) mass is 419 g/mol. The number of fused-ring (bicyclic) bond motifs is 3. The molecule has 0 saturated heterocycles. The minimum Gasteiger partial charge on any atom is -0.464 e. The van der Waals surface area contributed by atoms with Crippen molar-refractivity contribution in [1.29, 1.82) is 0 Å². The maximum atomic E-state index is 6.36. The zero-order valence-corrected chi connectivity index (χ0v) is 16.4. The second-order valence-electron chi connectivity index (χ2n) is 6.95. The summed E-state index contributed by atoms with van der Waals surface area (Å²) in [6.07, 6.45) is 4.20. The second kappa shape index (κ2) is 6.50. The Balaban J connectivity index is 1.60. The highest BCUT2D eigenvalue weighted by molar-refractivity contribution is 9.10. The smallest absolute Gasteiger partial charge is 0.213 e. The molecule has 0 saturated carbocycles. The van der Waals surface area contributed by atoms with Gasteiger partial charge >= 0.3 is 0 Å². The van der Waals surface area contributed by atoms with Gasteiger partial charge in [0, 0.05) is 34.4 Å². The molecule has 27 heavy (non-hydrogen) atoms. The Morgan fingerprint density at radius 2 is 1.81 bits per heavy atom. The Labute approximate surface area is 166 Å². The van der Waals surface area contributed by atoms with Crippen LogP contribution in [0.5, 0.6) is 5.75 Å². The Morgan fingerprint density at radius 1 is 1.04 bits per heavy atom. The summed E-state index contributed by atoms with van der Waals surface area (Å²) in [5.41, 5.74) is 5.73. The van der Waals surface area contributed by atoms with Crippen molar-refractivity contribution < 1.29 is 4.74 Å². The number of halogens is 1. The summed E-state index contributed by atoms with van der Waals surface area (Å²) in [7, 11) is 0. The summed E-state index contributed by atoms with van der Waals surface area (Å²) in [6, 6.07) is 18.9. The highest BCUT2D eigenvalue weighted by Crippen LogP contribution is 2.48. The van der Waals surface area contributed by atoms with Crippen LogP contribution in [0.2, 0.25) is 0 Å². The first-order chi connectivity index (χ1) is 13.2.